The lowest BCUT2D eigenvalue weighted by Gasteiger charge is -2.05. The first kappa shape index (κ1) is 13.8. The number of amides is 1. The Hall–Kier alpha value is -1.63. The highest BCUT2D eigenvalue weighted by molar-refractivity contribution is 7.99. The quantitative estimate of drug-likeness (QED) is 0.817. The Morgan fingerprint density at radius 1 is 1.26 bits per heavy atom. The van der Waals surface area contributed by atoms with Crippen molar-refractivity contribution in [2.75, 3.05) is 5.32 Å². The van der Waals surface area contributed by atoms with Crippen molar-refractivity contribution in [2.24, 2.45) is 11.8 Å². The molecule has 7 heteroatoms. The average molecular weight is 287 g/mol. The van der Waals surface area contributed by atoms with Crippen LogP contribution in [-0.2, 0) is 9.59 Å². The lowest BCUT2D eigenvalue weighted by atomic mass is 10.2. The number of nitrogens with one attached hydrogen (secondary N) is 1. The molecule has 1 saturated carbocycles. The molecule has 0 bridgehead atoms. The minimum atomic E-state index is -2.48. The lowest BCUT2D eigenvalue weighted by molar-refractivity contribution is -0.139. The number of carbonyl (C=O) groups excluding carboxylic acids is 1. The van der Waals surface area contributed by atoms with E-state index in [1.165, 1.54) is 24.3 Å². The maximum atomic E-state index is 12.1. The number of carboxylic acids is 1. The standard InChI is InChI=1S/C12H11F2NO3S/c13-12(14)19-7-3-1-6(2-4-7)15-10(16)8-5-9(8)11(17)18/h1-4,8-9,12H,5H2,(H,15,16)(H,17,18)/t8-,9+/m1/s1. The van der Waals surface area contributed by atoms with Crippen LogP contribution in [0.2, 0.25) is 0 Å². The summed E-state index contributed by atoms with van der Waals surface area (Å²) in [6.07, 6.45) is 0.348. The van der Waals surface area contributed by atoms with Crippen LogP contribution in [0.3, 0.4) is 0 Å². The number of benzene rings is 1. The SMILES string of the molecule is O=C(O)[C@H]1C[C@H]1C(=O)Nc1ccc(SC(F)F)cc1. The van der Waals surface area contributed by atoms with E-state index in [0.717, 1.165) is 0 Å². The van der Waals surface area contributed by atoms with Crippen molar-refractivity contribution in [2.45, 2.75) is 17.1 Å². The van der Waals surface area contributed by atoms with Crippen LogP contribution in [0.1, 0.15) is 6.42 Å². The summed E-state index contributed by atoms with van der Waals surface area (Å²) in [5.74, 6) is -4.89. The molecule has 0 radical (unpaired) electrons. The molecule has 0 spiro atoms. The third kappa shape index (κ3) is 3.66. The maximum Gasteiger partial charge on any atom is 0.307 e. The summed E-state index contributed by atoms with van der Waals surface area (Å²) < 4.78 is 24.2. The Morgan fingerprint density at radius 3 is 2.37 bits per heavy atom. The first-order valence-corrected chi connectivity index (χ1v) is 6.44. The van der Waals surface area contributed by atoms with Crippen LogP contribution in [-0.4, -0.2) is 22.7 Å². The highest BCUT2D eigenvalue weighted by Gasteiger charge is 2.48. The summed E-state index contributed by atoms with van der Waals surface area (Å²) in [5, 5.41) is 11.3. The van der Waals surface area contributed by atoms with Gasteiger partial charge in [0.15, 0.2) is 0 Å². The minimum Gasteiger partial charge on any atom is -0.481 e. The second-order valence-electron chi connectivity index (χ2n) is 4.18. The van der Waals surface area contributed by atoms with Gasteiger partial charge in [-0.2, -0.15) is 8.78 Å². The summed E-state index contributed by atoms with van der Waals surface area (Å²) in [7, 11) is 0. The van der Waals surface area contributed by atoms with Crippen molar-refractivity contribution in [3.8, 4) is 0 Å². The van der Waals surface area contributed by atoms with Crippen LogP contribution in [0.4, 0.5) is 14.5 Å². The number of carboxylic acid groups (broad SMARTS) is 1. The highest BCUT2D eigenvalue weighted by atomic mass is 32.2. The van der Waals surface area contributed by atoms with Gasteiger partial charge in [-0.05, 0) is 30.7 Å². The Morgan fingerprint density at radius 2 is 1.89 bits per heavy atom. The van der Waals surface area contributed by atoms with Crippen LogP contribution in [0, 0.1) is 11.8 Å². The van der Waals surface area contributed by atoms with Gasteiger partial charge in [0.05, 0.1) is 11.8 Å². The van der Waals surface area contributed by atoms with E-state index in [0.29, 0.717) is 28.8 Å². The highest BCUT2D eigenvalue weighted by Crippen LogP contribution is 2.39. The summed E-state index contributed by atoms with van der Waals surface area (Å²) >= 11 is 0.425. The summed E-state index contributed by atoms with van der Waals surface area (Å²) in [6, 6.07) is 5.99. The first-order chi connectivity index (χ1) is 8.97. The summed E-state index contributed by atoms with van der Waals surface area (Å²) in [5.41, 5.74) is 0.472. The molecule has 1 aromatic carbocycles. The number of rotatable bonds is 5. The van der Waals surface area contributed by atoms with E-state index < -0.39 is 23.6 Å². The Labute approximate surface area is 112 Å². The Kier molecular flexibility index (Phi) is 4.04. The second kappa shape index (κ2) is 5.56. The molecular formula is C12H11F2NO3S. The van der Waals surface area contributed by atoms with Crippen molar-refractivity contribution in [1.29, 1.82) is 0 Å². The van der Waals surface area contributed by atoms with E-state index >= 15 is 0 Å². The molecule has 2 N–H and O–H groups in total. The molecule has 2 atom stereocenters. The Balaban J connectivity index is 1.90. The smallest absolute Gasteiger partial charge is 0.307 e. The van der Waals surface area contributed by atoms with Gasteiger partial charge in [0.25, 0.3) is 5.76 Å². The van der Waals surface area contributed by atoms with Crippen molar-refractivity contribution in [3.05, 3.63) is 24.3 Å². The molecule has 1 aliphatic rings. The van der Waals surface area contributed by atoms with Gasteiger partial charge in [-0.25, -0.2) is 0 Å². The van der Waals surface area contributed by atoms with Gasteiger partial charge in [-0.15, -0.1) is 0 Å². The fourth-order valence-corrected chi connectivity index (χ4v) is 2.21. The number of hydrogen-bond acceptors (Lipinski definition) is 3. The van der Waals surface area contributed by atoms with Crippen molar-refractivity contribution in [3.63, 3.8) is 0 Å². The van der Waals surface area contributed by atoms with Gasteiger partial charge in [0.2, 0.25) is 5.91 Å². The van der Waals surface area contributed by atoms with Gasteiger partial charge < -0.3 is 10.4 Å². The van der Waals surface area contributed by atoms with Gasteiger partial charge >= 0.3 is 5.97 Å². The topological polar surface area (TPSA) is 66.4 Å². The van der Waals surface area contributed by atoms with Crippen LogP contribution >= 0.6 is 11.8 Å². The number of anilines is 1. The monoisotopic (exact) mass is 287 g/mol. The van der Waals surface area contributed by atoms with E-state index in [1.54, 1.807) is 0 Å². The number of halogens is 2. The van der Waals surface area contributed by atoms with E-state index in [-0.39, 0.29) is 5.91 Å². The molecule has 0 unspecified atom stereocenters. The predicted molar refractivity (Wildman–Crippen MR) is 66.2 cm³/mol. The molecule has 0 saturated heterocycles. The normalized spacial score (nSPS) is 21.2. The van der Waals surface area contributed by atoms with Crippen LogP contribution in [0.5, 0.6) is 0 Å². The molecule has 102 valence electrons. The molecule has 0 aliphatic heterocycles. The zero-order valence-corrected chi connectivity index (χ0v) is 10.5. The fraction of sp³-hybridized carbons (Fsp3) is 0.333. The van der Waals surface area contributed by atoms with Crippen molar-refractivity contribution >= 4 is 29.3 Å². The van der Waals surface area contributed by atoms with E-state index in [9.17, 15) is 18.4 Å². The minimum absolute atomic E-state index is 0.346. The lowest BCUT2D eigenvalue weighted by Crippen LogP contribution is -2.16. The van der Waals surface area contributed by atoms with Crippen LogP contribution in [0.15, 0.2) is 29.2 Å². The second-order valence-corrected chi connectivity index (χ2v) is 5.24. The molecule has 2 rings (SSSR count). The molecular weight excluding hydrogens is 276 g/mol. The van der Waals surface area contributed by atoms with Gasteiger partial charge in [0.1, 0.15) is 0 Å². The third-order valence-electron chi connectivity index (χ3n) is 2.79. The van der Waals surface area contributed by atoms with Crippen molar-refractivity contribution in [1.82, 2.24) is 0 Å². The van der Waals surface area contributed by atoms with Crippen molar-refractivity contribution < 1.29 is 23.5 Å². The molecule has 0 aromatic heterocycles. The summed E-state index contributed by atoms with van der Waals surface area (Å²) in [6.45, 7) is 0. The van der Waals surface area contributed by atoms with Gasteiger partial charge in [-0.3, -0.25) is 9.59 Å². The maximum absolute atomic E-state index is 12.1. The molecule has 1 aliphatic carbocycles. The predicted octanol–water partition coefficient (Wildman–Crippen LogP) is 2.66. The van der Waals surface area contributed by atoms with E-state index in [4.69, 9.17) is 5.11 Å². The Bertz CT molecular complexity index is 492. The number of aliphatic carboxylic acids is 1. The first-order valence-electron chi connectivity index (χ1n) is 5.56. The molecule has 4 nitrogen and oxygen atoms in total. The third-order valence-corrected chi connectivity index (χ3v) is 3.51. The zero-order chi connectivity index (χ0) is 14.0. The zero-order valence-electron chi connectivity index (χ0n) is 9.68. The van der Waals surface area contributed by atoms with Crippen LogP contribution < -0.4 is 5.32 Å². The number of carbonyl (C=O) groups is 2. The molecule has 1 aromatic rings. The number of thioether (sulfide) groups is 1. The molecule has 1 amide bonds. The molecule has 19 heavy (non-hydrogen) atoms. The summed E-state index contributed by atoms with van der Waals surface area (Å²) in [4.78, 5) is 22.7. The molecule has 0 heterocycles. The molecule has 1 fully saturated rings. The number of hydrogen-bond donors (Lipinski definition) is 2. The van der Waals surface area contributed by atoms with Crippen LogP contribution in [0.25, 0.3) is 0 Å². The van der Waals surface area contributed by atoms with E-state index in [1.807, 2.05) is 0 Å². The fourth-order valence-electron chi connectivity index (χ4n) is 1.71. The number of alkyl halides is 2. The van der Waals surface area contributed by atoms with Gasteiger partial charge in [0, 0.05) is 10.6 Å². The average Bonchev–Trinajstić information content (AvgIpc) is 3.11. The van der Waals surface area contributed by atoms with E-state index in [2.05, 4.69) is 5.32 Å². The largest absolute Gasteiger partial charge is 0.481 e. The van der Waals surface area contributed by atoms with Gasteiger partial charge in [-0.1, -0.05) is 11.8 Å².